The van der Waals surface area contributed by atoms with E-state index in [0.29, 0.717) is 11.3 Å². The van der Waals surface area contributed by atoms with E-state index < -0.39 is 11.2 Å². The number of amides is 2. The highest BCUT2D eigenvalue weighted by atomic mass is 16.2. The van der Waals surface area contributed by atoms with E-state index in [-0.39, 0.29) is 24.9 Å². The molecule has 0 saturated heterocycles. The van der Waals surface area contributed by atoms with Crippen LogP contribution in [-0.4, -0.2) is 20.9 Å². The Balaban J connectivity index is 1.60. The van der Waals surface area contributed by atoms with Crippen LogP contribution in [0.2, 0.25) is 0 Å². The summed E-state index contributed by atoms with van der Waals surface area (Å²) in [7, 11) is 1.36. The van der Waals surface area contributed by atoms with E-state index in [4.69, 9.17) is 0 Å². The average Bonchev–Trinajstić information content (AvgIpc) is 2.73. The zero-order valence-corrected chi connectivity index (χ0v) is 16.7. The number of aryl methyl sites for hydroxylation is 1. The van der Waals surface area contributed by atoms with Gasteiger partial charge in [-0.15, -0.1) is 0 Å². The fraction of sp³-hybridized carbons (Fsp3) is 0.182. The SMILES string of the molecule is Cc1ccc(C(=O)Nc2cccc(CNC(=O)Cn3ccc(=O)n(C)c3=O)c2)cc1. The van der Waals surface area contributed by atoms with Crippen molar-refractivity contribution in [3.05, 3.63) is 98.3 Å². The van der Waals surface area contributed by atoms with Crippen molar-refractivity contribution >= 4 is 17.5 Å². The van der Waals surface area contributed by atoms with Gasteiger partial charge < -0.3 is 10.6 Å². The van der Waals surface area contributed by atoms with Crippen LogP contribution < -0.4 is 21.9 Å². The smallest absolute Gasteiger partial charge is 0.331 e. The molecule has 30 heavy (non-hydrogen) atoms. The van der Waals surface area contributed by atoms with E-state index in [1.807, 2.05) is 25.1 Å². The van der Waals surface area contributed by atoms with Gasteiger partial charge in [0.05, 0.1) is 0 Å². The van der Waals surface area contributed by atoms with E-state index >= 15 is 0 Å². The first kappa shape index (κ1) is 20.8. The minimum absolute atomic E-state index is 0.198. The van der Waals surface area contributed by atoms with Crippen LogP contribution in [0.1, 0.15) is 21.5 Å². The van der Waals surface area contributed by atoms with Gasteiger partial charge in [-0.1, -0.05) is 29.8 Å². The van der Waals surface area contributed by atoms with Crippen molar-refractivity contribution < 1.29 is 9.59 Å². The van der Waals surface area contributed by atoms with Gasteiger partial charge in [0.15, 0.2) is 0 Å². The normalized spacial score (nSPS) is 10.5. The van der Waals surface area contributed by atoms with Gasteiger partial charge in [0.2, 0.25) is 5.91 Å². The van der Waals surface area contributed by atoms with Crippen molar-refractivity contribution in [3.8, 4) is 0 Å². The minimum Gasteiger partial charge on any atom is -0.350 e. The summed E-state index contributed by atoms with van der Waals surface area (Å²) in [6.45, 7) is 1.99. The molecule has 0 aliphatic carbocycles. The Labute approximate surface area is 172 Å². The van der Waals surface area contributed by atoms with Crippen LogP contribution in [0.15, 0.2) is 70.4 Å². The predicted octanol–water partition coefficient (Wildman–Crippen LogP) is 1.42. The molecule has 0 aliphatic heterocycles. The third-order valence-corrected chi connectivity index (χ3v) is 4.56. The Bertz CT molecular complexity index is 1190. The Kier molecular flexibility index (Phi) is 6.26. The number of carbonyl (C=O) groups is 2. The molecule has 2 amide bonds. The fourth-order valence-corrected chi connectivity index (χ4v) is 2.82. The quantitative estimate of drug-likeness (QED) is 0.646. The van der Waals surface area contributed by atoms with E-state index in [2.05, 4.69) is 10.6 Å². The van der Waals surface area contributed by atoms with Crippen molar-refractivity contribution in [1.82, 2.24) is 14.5 Å². The van der Waals surface area contributed by atoms with Crippen LogP contribution in [-0.2, 0) is 24.9 Å². The second kappa shape index (κ2) is 9.04. The van der Waals surface area contributed by atoms with Gasteiger partial charge in [0.1, 0.15) is 6.54 Å². The predicted molar refractivity (Wildman–Crippen MR) is 113 cm³/mol. The maximum atomic E-state index is 12.4. The van der Waals surface area contributed by atoms with Crippen LogP contribution in [0.3, 0.4) is 0 Å². The summed E-state index contributed by atoms with van der Waals surface area (Å²) in [6.07, 6.45) is 1.30. The molecular formula is C22H22N4O4. The largest absolute Gasteiger partial charge is 0.350 e. The zero-order chi connectivity index (χ0) is 21.7. The highest BCUT2D eigenvalue weighted by molar-refractivity contribution is 6.04. The molecule has 3 rings (SSSR count). The van der Waals surface area contributed by atoms with Crippen LogP contribution in [0, 0.1) is 6.92 Å². The first-order valence-corrected chi connectivity index (χ1v) is 9.33. The zero-order valence-electron chi connectivity index (χ0n) is 16.7. The Morgan fingerprint density at radius 1 is 1.00 bits per heavy atom. The van der Waals surface area contributed by atoms with E-state index in [0.717, 1.165) is 20.3 Å². The van der Waals surface area contributed by atoms with Crippen LogP contribution >= 0.6 is 0 Å². The van der Waals surface area contributed by atoms with Gasteiger partial charge >= 0.3 is 5.69 Å². The molecule has 0 saturated carbocycles. The second-order valence-electron chi connectivity index (χ2n) is 6.92. The van der Waals surface area contributed by atoms with Crippen molar-refractivity contribution in [2.45, 2.75) is 20.0 Å². The number of hydrogen-bond donors (Lipinski definition) is 2. The molecule has 0 unspecified atom stereocenters. The summed E-state index contributed by atoms with van der Waals surface area (Å²) in [5.74, 6) is -0.588. The molecule has 154 valence electrons. The number of rotatable bonds is 6. The molecule has 0 atom stereocenters. The first-order chi connectivity index (χ1) is 14.3. The van der Waals surface area contributed by atoms with Gasteiger partial charge in [-0.25, -0.2) is 4.79 Å². The van der Waals surface area contributed by atoms with E-state index in [1.54, 1.807) is 30.3 Å². The third-order valence-electron chi connectivity index (χ3n) is 4.56. The maximum Gasteiger partial charge on any atom is 0.331 e. The number of benzene rings is 2. The monoisotopic (exact) mass is 406 g/mol. The van der Waals surface area contributed by atoms with Gasteiger partial charge in [-0.05, 0) is 36.8 Å². The molecule has 3 aromatic rings. The van der Waals surface area contributed by atoms with Crippen LogP contribution in [0.5, 0.6) is 0 Å². The lowest BCUT2D eigenvalue weighted by Crippen LogP contribution is -2.40. The number of anilines is 1. The standard InChI is InChI=1S/C22H22N4O4/c1-15-6-8-17(9-7-15)21(29)24-18-5-3-4-16(12-18)13-23-19(27)14-26-11-10-20(28)25(2)22(26)30/h3-12H,13-14H2,1-2H3,(H,23,27)(H,24,29). The van der Waals surface area contributed by atoms with Crippen molar-refractivity contribution in [3.63, 3.8) is 0 Å². The maximum absolute atomic E-state index is 12.4. The molecule has 2 N–H and O–H groups in total. The molecule has 0 radical (unpaired) electrons. The molecule has 0 bridgehead atoms. The lowest BCUT2D eigenvalue weighted by Gasteiger charge is -2.10. The number of hydrogen-bond acceptors (Lipinski definition) is 4. The van der Waals surface area contributed by atoms with Crippen molar-refractivity contribution in [1.29, 1.82) is 0 Å². The molecule has 1 aromatic heterocycles. The number of carbonyl (C=O) groups excluding carboxylic acids is 2. The average molecular weight is 406 g/mol. The highest BCUT2D eigenvalue weighted by Crippen LogP contribution is 2.13. The summed E-state index contributed by atoms with van der Waals surface area (Å²) in [4.78, 5) is 47.9. The summed E-state index contributed by atoms with van der Waals surface area (Å²) < 4.78 is 2.10. The van der Waals surface area contributed by atoms with Crippen molar-refractivity contribution in [2.24, 2.45) is 7.05 Å². The molecule has 1 heterocycles. The van der Waals surface area contributed by atoms with Gasteiger partial charge in [-0.3, -0.25) is 23.5 Å². The Morgan fingerprint density at radius 2 is 1.73 bits per heavy atom. The second-order valence-corrected chi connectivity index (χ2v) is 6.92. The van der Waals surface area contributed by atoms with E-state index in [9.17, 15) is 19.2 Å². The third kappa shape index (κ3) is 5.11. The molecule has 8 nitrogen and oxygen atoms in total. The van der Waals surface area contributed by atoms with Crippen LogP contribution in [0.25, 0.3) is 0 Å². The Morgan fingerprint density at radius 3 is 2.47 bits per heavy atom. The molecule has 2 aromatic carbocycles. The summed E-state index contributed by atoms with van der Waals surface area (Å²) in [5.41, 5.74) is 2.05. The van der Waals surface area contributed by atoms with E-state index in [1.165, 1.54) is 19.3 Å². The molecule has 0 aliphatic rings. The molecule has 0 spiro atoms. The number of nitrogens with one attached hydrogen (secondary N) is 2. The Hall–Kier alpha value is -3.94. The van der Waals surface area contributed by atoms with Crippen molar-refractivity contribution in [2.75, 3.05) is 5.32 Å². The number of aromatic nitrogens is 2. The first-order valence-electron chi connectivity index (χ1n) is 9.33. The van der Waals surface area contributed by atoms with Gasteiger partial charge in [-0.2, -0.15) is 0 Å². The number of nitrogens with zero attached hydrogens (tertiary/aromatic N) is 2. The summed E-state index contributed by atoms with van der Waals surface area (Å²) in [6, 6.07) is 15.6. The molecular weight excluding hydrogens is 384 g/mol. The lowest BCUT2D eigenvalue weighted by atomic mass is 10.1. The van der Waals surface area contributed by atoms with Crippen LogP contribution in [0.4, 0.5) is 5.69 Å². The minimum atomic E-state index is -0.557. The summed E-state index contributed by atoms with van der Waals surface area (Å²) in [5, 5.41) is 5.56. The fourth-order valence-electron chi connectivity index (χ4n) is 2.82. The molecule has 8 heteroatoms. The van der Waals surface area contributed by atoms with Gasteiger partial charge in [0.25, 0.3) is 11.5 Å². The highest BCUT2D eigenvalue weighted by Gasteiger charge is 2.08. The lowest BCUT2D eigenvalue weighted by molar-refractivity contribution is -0.121. The van der Waals surface area contributed by atoms with Gasteiger partial charge in [0, 0.05) is 37.1 Å². The summed E-state index contributed by atoms with van der Waals surface area (Å²) >= 11 is 0. The molecule has 0 fully saturated rings. The topological polar surface area (TPSA) is 102 Å².